The standard InChI is InChI=1S/C16H17N5O3/c1-11-8-14(20-21(11)7-3-6-17)19-16(24)18-13-5-2-4-12(9-13)10-15(22)23/h2,4-5,8-9H,3,7,10H2,1H3,(H,22,23)(H2,18,19,20,24). The first-order valence-corrected chi connectivity index (χ1v) is 7.28. The van der Waals surface area contributed by atoms with E-state index in [0.29, 0.717) is 30.0 Å². The van der Waals surface area contributed by atoms with E-state index in [1.807, 2.05) is 13.0 Å². The van der Waals surface area contributed by atoms with Crippen LogP contribution in [-0.4, -0.2) is 26.9 Å². The van der Waals surface area contributed by atoms with Crippen molar-refractivity contribution in [2.75, 3.05) is 10.6 Å². The number of benzene rings is 1. The molecule has 2 amide bonds. The lowest BCUT2D eigenvalue weighted by atomic mass is 10.1. The molecule has 3 N–H and O–H groups in total. The Bertz CT molecular complexity index is 791. The first-order valence-electron chi connectivity index (χ1n) is 7.28. The van der Waals surface area contributed by atoms with Gasteiger partial charge in [0.15, 0.2) is 5.82 Å². The Labute approximate surface area is 138 Å². The third-order valence-corrected chi connectivity index (χ3v) is 3.20. The number of carboxylic acid groups (broad SMARTS) is 1. The molecule has 8 heteroatoms. The van der Waals surface area contributed by atoms with Crippen LogP contribution in [0.3, 0.4) is 0 Å². The van der Waals surface area contributed by atoms with Gasteiger partial charge in [0.25, 0.3) is 0 Å². The number of nitrogens with zero attached hydrogens (tertiary/aromatic N) is 3. The molecule has 0 atom stereocenters. The van der Waals surface area contributed by atoms with E-state index in [4.69, 9.17) is 10.4 Å². The molecule has 1 aromatic heterocycles. The van der Waals surface area contributed by atoms with Crippen molar-refractivity contribution in [2.24, 2.45) is 0 Å². The molecular weight excluding hydrogens is 310 g/mol. The lowest BCUT2D eigenvalue weighted by Gasteiger charge is -2.07. The fraction of sp³-hybridized carbons (Fsp3) is 0.250. The number of carbonyl (C=O) groups excluding carboxylic acids is 1. The van der Waals surface area contributed by atoms with E-state index in [0.717, 1.165) is 5.69 Å². The van der Waals surface area contributed by atoms with Crippen LogP contribution in [0.15, 0.2) is 30.3 Å². The SMILES string of the molecule is Cc1cc(NC(=O)Nc2cccc(CC(=O)O)c2)nn1CCC#N. The molecule has 0 saturated heterocycles. The number of hydrogen-bond acceptors (Lipinski definition) is 4. The molecule has 0 unspecified atom stereocenters. The van der Waals surface area contributed by atoms with Crippen molar-refractivity contribution in [1.82, 2.24) is 9.78 Å². The maximum Gasteiger partial charge on any atom is 0.324 e. The number of carbonyl (C=O) groups is 2. The Morgan fingerprint density at radius 2 is 2.12 bits per heavy atom. The van der Waals surface area contributed by atoms with Crippen LogP contribution in [0.1, 0.15) is 17.7 Å². The van der Waals surface area contributed by atoms with Crippen molar-refractivity contribution in [3.63, 3.8) is 0 Å². The molecule has 0 radical (unpaired) electrons. The van der Waals surface area contributed by atoms with Gasteiger partial charge in [0, 0.05) is 17.4 Å². The second kappa shape index (κ2) is 7.78. The van der Waals surface area contributed by atoms with Crippen LogP contribution in [0.5, 0.6) is 0 Å². The van der Waals surface area contributed by atoms with Crippen LogP contribution < -0.4 is 10.6 Å². The summed E-state index contributed by atoms with van der Waals surface area (Å²) in [7, 11) is 0. The smallest absolute Gasteiger partial charge is 0.324 e. The topological polar surface area (TPSA) is 120 Å². The Morgan fingerprint density at radius 1 is 1.33 bits per heavy atom. The maximum absolute atomic E-state index is 12.0. The molecule has 1 aromatic carbocycles. The minimum Gasteiger partial charge on any atom is -0.481 e. The van der Waals surface area contributed by atoms with Gasteiger partial charge in [-0.2, -0.15) is 10.4 Å². The average molecular weight is 327 g/mol. The highest BCUT2D eigenvalue weighted by Gasteiger charge is 2.09. The predicted octanol–water partition coefficient (Wildman–Crippen LogP) is 2.38. The Hall–Kier alpha value is -3.34. The molecule has 1 heterocycles. The molecule has 2 aromatic rings. The highest BCUT2D eigenvalue weighted by molar-refractivity contribution is 5.99. The van der Waals surface area contributed by atoms with Gasteiger partial charge in [0.05, 0.1) is 25.5 Å². The highest BCUT2D eigenvalue weighted by Crippen LogP contribution is 2.13. The summed E-state index contributed by atoms with van der Waals surface area (Å²) >= 11 is 0. The van der Waals surface area contributed by atoms with Gasteiger partial charge in [0.1, 0.15) is 0 Å². The molecule has 0 aliphatic rings. The second-order valence-electron chi connectivity index (χ2n) is 5.15. The fourth-order valence-electron chi connectivity index (χ4n) is 2.17. The van der Waals surface area contributed by atoms with E-state index in [1.54, 1.807) is 35.0 Å². The third-order valence-electron chi connectivity index (χ3n) is 3.20. The van der Waals surface area contributed by atoms with Crippen molar-refractivity contribution in [1.29, 1.82) is 5.26 Å². The lowest BCUT2D eigenvalue weighted by molar-refractivity contribution is -0.136. The molecule has 2 rings (SSSR count). The van der Waals surface area contributed by atoms with Crippen molar-refractivity contribution >= 4 is 23.5 Å². The van der Waals surface area contributed by atoms with Crippen molar-refractivity contribution < 1.29 is 14.7 Å². The number of urea groups is 1. The molecule has 0 bridgehead atoms. The van der Waals surface area contributed by atoms with Gasteiger partial charge in [-0.25, -0.2) is 4.79 Å². The van der Waals surface area contributed by atoms with Crippen LogP contribution in [0.25, 0.3) is 0 Å². The number of aliphatic carboxylic acids is 1. The van der Waals surface area contributed by atoms with Crippen molar-refractivity contribution in [3.8, 4) is 6.07 Å². The van der Waals surface area contributed by atoms with E-state index in [1.165, 1.54) is 0 Å². The fourth-order valence-corrected chi connectivity index (χ4v) is 2.17. The Kier molecular flexibility index (Phi) is 5.52. The summed E-state index contributed by atoms with van der Waals surface area (Å²) in [6.45, 7) is 2.30. The molecular formula is C16H17N5O3. The van der Waals surface area contributed by atoms with Gasteiger partial charge in [-0.1, -0.05) is 12.1 Å². The molecule has 0 saturated carbocycles. The number of rotatable bonds is 6. The zero-order chi connectivity index (χ0) is 17.5. The number of aryl methyl sites for hydroxylation is 2. The van der Waals surface area contributed by atoms with Crippen LogP contribution in [0.4, 0.5) is 16.3 Å². The van der Waals surface area contributed by atoms with E-state index < -0.39 is 12.0 Å². The van der Waals surface area contributed by atoms with Gasteiger partial charge in [-0.3, -0.25) is 14.8 Å². The Balaban J connectivity index is 1.98. The van der Waals surface area contributed by atoms with Crippen molar-refractivity contribution in [3.05, 3.63) is 41.6 Å². The van der Waals surface area contributed by atoms with Gasteiger partial charge >= 0.3 is 12.0 Å². The zero-order valence-electron chi connectivity index (χ0n) is 13.1. The van der Waals surface area contributed by atoms with Gasteiger partial charge < -0.3 is 10.4 Å². The monoisotopic (exact) mass is 327 g/mol. The number of nitriles is 1. The third kappa shape index (κ3) is 4.84. The second-order valence-corrected chi connectivity index (χ2v) is 5.15. The average Bonchev–Trinajstić information content (AvgIpc) is 2.84. The summed E-state index contributed by atoms with van der Waals surface area (Å²) in [5.74, 6) is -0.556. The minimum atomic E-state index is -0.935. The van der Waals surface area contributed by atoms with E-state index in [2.05, 4.69) is 15.7 Å². The van der Waals surface area contributed by atoms with E-state index in [9.17, 15) is 9.59 Å². The van der Waals surface area contributed by atoms with Gasteiger partial charge in [-0.15, -0.1) is 0 Å². The molecule has 0 spiro atoms. The van der Waals surface area contributed by atoms with Crippen LogP contribution in [0.2, 0.25) is 0 Å². The number of carboxylic acids is 1. The van der Waals surface area contributed by atoms with Crippen LogP contribution in [0, 0.1) is 18.3 Å². The predicted molar refractivity (Wildman–Crippen MR) is 87.6 cm³/mol. The summed E-state index contributed by atoms with van der Waals surface area (Å²) in [6.07, 6.45) is 0.226. The quantitative estimate of drug-likeness (QED) is 0.752. The van der Waals surface area contributed by atoms with E-state index in [-0.39, 0.29) is 6.42 Å². The van der Waals surface area contributed by atoms with Crippen LogP contribution >= 0.6 is 0 Å². The number of anilines is 2. The number of aromatic nitrogens is 2. The van der Waals surface area contributed by atoms with Crippen molar-refractivity contribution in [2.45, 2.75) is 26.3 Å². The summed E-state index contributed by atoms with van der Waals surface area (Å²) in [6, 6.07) is 9.89. The first-order chi connectivity index (χ1) is 11.5. The Morgan fingerprint density at radius 3 is 2.83 bits per heavy atom. The normalized spacial score (nSPS) is 10.0. The summed E-state index contributed by atoms with van der Waals surface area (Å²) in [5, 5.41) is 26.8. The summed E-state index contributed by atoms with van der Waals surface area (Å²) in [5.41, 5.74) is 1.92. The number of amides is 2. The molecule has 0 aliphatic carbocycles. The van der Waals surface area contributed by atoms with Gasteiger partial charge in [0.2, 0.25) is 0 Å². The minimum absolute atomic E-state index is 0.111. The molecule has 124 valence electrons. The lowest BCUT2D eigenvalue weighted by Crippen LogP contribution is -2.20. The summed E-state index contributed by atoms with van der Waals surface area (Å²) < 4.78 is 1.65. The zero-order valence-corrected chi connectivity index (χ0v) is 13.1. The first kappa shape index (κ1) is 17.0. The van der Waals surface area contributed by atoms with Gasteiger partial charge in [-0.05, 0) is 24.6 Å². The largest absolute Gasteiger partial charge is 0.481 e. The molecule has 24 heavy (non-hydrogen) atoms. The maximum atomic E-state index is 12.0. The number of hydrogen-bond donors (Lipinski definition) is 3. The molecule has 8 nitrogen and oxygen atoms in total. The summed E-state index contributed by atoms with van der Waals surface area (Å²) in [4.78, 5) is 22.7. The highest BCUT2D eigenvalue weighted by atomic mass is 16.4. The van der Waals surface area contributed by atoms with E-state index >= 15 is 0 Å². The molecule has 0 aliphatic heterocycles. The number of nitrogens with one attached hydrogen (secondary N) is 2. The van der Waals surface area contributed by atoms with Crippen LogP contribution in [-0.2, 0) is 17.8 Å². The molecule has 0 fully saturated rings.